The van der Waals surface area contributed by atoms with Crippen LogP contribution in [-0.4, -0.2) is 43.2 Å². The Bertz CT molecular complexity index is 1030. The molecule has 1 aliphatic rings. The van der Waals surface area contributed by atoms with E-state index in [2.05, 4.69) is 44.6 Å². The second-order valence-corrected chi connectivity index (χ2v) is 7.52. The Morgan fingerprint density at radius 3 is 2.29 bits per heavy atom. The first-order valence-corrected chi connectivity index (χ1v) is 10.4. The lowest BCUT2D eigenvalue weighted by atomic mass is 10.1. The van der Waals surface area contributed by atoms with Crippen LogP contribution in [0.2, 0.25) is 0 Å². The molecule has 3 aromatic carbocycles. The molecule has 1 aliphatic heterocycles. The average molecular weight is 417 g/mol. The van der Waals surface area contributed by atoms with Crippen LogP contribution in [0, 0.1) is 5.82 Å². The first kappa shape index (κ1) is 20.8. The number of rotatable bonds is 6. The summed E-state index contributed by atoms with van der Waals surface area (Å²) in [4.78, 5) is 17.1. The molecular formula is C25H25FN4O. The zero-order chi connectivity index (χ0) is 21.5. The number of benzene rings is 3. The predicted octanol–water partition coefficient (Wildman–Crippen LogP) is 3.91. The van der Waals surface area contributed by atoms with Crippen molar-refractivity contribution in [1.29, 1.82) is 0 Å². The molecule has 0 spiro atoms. The summed E-state index contributed by atoms with van der Waals surface area (Å²) in [5.74, 6) is -0.704. The molecule has 0 saturated carbocycles. The van der Waals surface area contributed by atoms with Gasteiger partial charge in [0.05, 0.1) is 6.21 Å². The van der Waals surface area contributed by atoms with Gasteiger partial charge in [0.1, 0.15) is 5.82 Å². The number of amides is 1. The zero-order valence-corrected chi connectivity index (χ0v) is 17.2. The highest BCUT2D eigenvalue weighted by atomic mass is 19.1. The highest BCUT2D eigenvalue weighted by molar-refractivity contribution is 5.94. The van der Waals surface area contributed by atoms with E-state index in [1.807, 2.05) is 18.2 Å². The van der Waals surface area contributed by atoms with E-state index >= 15 is 0 Å². The second-order valence-electron chi connectivity index (χ2n) is 7.52. The maximum Gasteiger partial charge on any atom is 0.271 e. The quantitative estimate of drug-likeness (QED) is 0.490. The summed E-state index contributed by atoms with van der Waals surface area (Å²) in [5.41, 5.74) is 5.72. The van der Waals surface area contributed by atoms with E-state index in [0.29, 0.717) is 11.1 Å². The Morgan fingerprint density at radius 2 is 1.58 bits per heavy atom. The summed E-state index contributed by atoms with van der Waals surface area (Å²) in [6, 6.07) is 24.3. The van der Waals surface area contributed by atoms with Crippen LogP contribution < -0.4 is 10.3 Å². The number of para-hydroxylation sites is 1. The fraction of sp³-hybridized carbons (Fsp3) is 0.200. The van der Waals surface area contributed by atoms with Crippen molar-refractivity contribution in [2.45, 2.75) is 6.54 Å². The van der Waals surface area contributed by atoms with Crippen molar-refractivity contribution < 1.29 is 9.18 Å². The van der Waals surface area contributed by atoms with Gasteiger partial charge < -0.3 is 4.90 Å². The molecule has 0 aromatic heterocycles. The van der Waals surface area contributed by atoms with Crippen LogP contribution in [-0.2, 0) is 6.54 Å². The van der Waals surface area contributed by atoms with Crippen LogP contribution in [0.1, 0.15) is 21.5 Å². The number of carbonyl (C=O) groups excluding carboxylic acids is 1. The normalized spacial score (nSPS) is 14.7. The molecule has 3 aromatic rings. The number of hydrazone groups is 1. The number of piperazine rings is 1. The summed E-state index contributed by atoms with van der Waals surface area (Å²) < 4.78 is 13.6. The first-order chi connectivity index (χ1) is 15.2. The van der Waals surface area contributed by atoms with E-state index in [-0.39, 0.29) is 11.7 Å². The topological polar surface area (TPSA) is 47.9 Å². The molecule has 1 fully saturated rings. The van der Waals surface area contributed by atoms with E-state index in [1.165, 1.54) is 23.5 Å². The van der Waals surface area contributed by atoms with Gasteiger partial charge in [-0.15, -0.1) is 0 Å². The summed E-state index contributed by atoms with van der Waals surface area (Å²) in [5, 5.41) is 3.85. The molecule has 4 rings (SSSR count). The van der Waals surface area contributed by atoms with Crippen molar-refractivity contribution in [3.63, 3.8) is 0 Å². The zero-order valence-electron chi connectivity index (χ0n) is 17.2. The van der Waals surface area contributed by atoms with Gasteiger partial charge in [0.15, 0.2) is 0 Å². The first-order valence-electron chi connectivity index (χ1n) is 10.4. The molecule has 0 unspecified atom stereocenters. The molecule has 1 saturated heterocycles. The van der Waals surface area contributed by atoms with E-state index < -0.39 is 0 Å². The minimum Gasteiger partial charge on any atom is -0.369 e. The third-order valence-electron chi connectivity index (χ3n) is 5.39. The van der Waals surface area contributed by atoms with Crippen LogP contribution >= 0.6 is 0 Å². The van der Waals surface area contributed by atoms with Crippen molar-refractivity contribution >= 4 is 17.8 Å². The van der Waals surface area contributed by atoms with E-state index in [9.17, 15) is 9.18 Å². The SMILES string of the molecule is O=C(NN=Cc1ccccc1F)c1ccc(CN2CCN(c3ccccc3)CC2)cc1. The van der Waals surface area contributed by atoms with E-state index in [0.717, 1.165) is 32.7 Å². The molecule has 0 aliphatic carbocycles. The van der Waals surface area contributed by atoms with Crippen LogP contribution in [0.3, 0.4) is 0 Å². The number of nitrogens with zero attached hydrogens (tertiary/aromatic N) is 3. The average Bonchev–Trinajstić information content (AvgIpc) is 2.82. The number of anilines is 1. The number of halogens is 1. The summed E-state index contributed by atoms with van der Waals surface area (Å²) in [7, 11) is 0. The molecular weight excluding hydrogens is 391 g/mol. The minimum atomic E-state index is -0.380. The Balaban J connectivity index is 1.26. The van der Waals surface area contributed by atoms with Gasteiger partial charge in [0, 0.05) is 49.5 Å². The van der Waals surface area contributed by atoms with Crippen LogP contribution in [0.15, 0.2) is 84.0 Å². The molecule has 1 amide bonds. The van der Waals surface area contributed by atoms with Crippen LogP contribution in [0.5, 0.6) is 0 Å². The maximum absolute atomic E-state index is 13.6. The molecule has 0 radical (unpaired) electrons. The standard InChI is InChI=1S/C25H25FN4O/c26-24-9-5-4-6-22(24)18-27-28-25(31)21-12-10-20(11-13-21)19-29-14-16-30(17-15-29)23-7-2-1-3-8-23/h1-13,18H,14-17,19H2,(H,28,31). The summed E-state index contributed by atoms with van der Waals surface area (Å²) >= 11 is 0. The minimum absolute atomic E-state index is 0.324. The summed E-state index contributed by atoms with van der Waals surface area (Å²) in [6.07, 6.45) is 1.30. The van der Waals surface area contributed by atoms with Gasteiger partial charge in [-0.1, -0.05) is 48.5 Å². The number of nitrogens with one attached hydrogen (secondary N) is 1. The Hall–Kier alpha value is -3.51. The number of carbonyl (C=O) groups is 1. The Kier molecular flexibility index (Phi) is 6.69. The lowest BCUT2D eigenvalue weighted by Crippen LogP contribution is -2.45. The van der Waals surface area contributed by atoms with Gasteiger partial charge in [0.25, 0.3) is 5.91 Å². The van der Waals surface area contributed by atoms with Gasteiger partial charge in [0.2, 0.25) is 0 Å². The third-order valence-corrected chi connectivity index (χ3v) is 5.39. The van der Waals surface area contributed by atoms with Crippen LogP contribution in [0.25, 0.3) is 0 Å². The molecule has 158 valence electrons. The van der Waals surface area contributed by atoms with Crippen molar-refractivity contribution in [3.05, 3.63) is 101 Å². The Morgan fingerprint density at radius 1 is 0.903 bits per heavy atom. The summed E-state index contributed by atoms with van der Waals surface area (Å²) in [6.45, 7) is 4.87. The molecule has 1 N–H and O–H groups in total. The van der Waals surface area contributed by atoms with Crippen molar-refractivity contribution in [2.24, 2.45) is 5.10 Å². The van der Waals surface area contributed by atoms with Gasteiger partial charge in [-0.05, 0) is 35.9 Å². The fourth-order valence-corrected chi connectivity index (χ4v) is 3.63. The largest absolute Gasteiger partial charge is 0.369 e. The fourth-order valence-electron chi connectivity index (χ4n) is 3.63. The molecule has 31 heavy (non-hydrogen) atoms. The number of hydrogen-bond donors (Lipinski definition) is 1. The smallest absolute Gasteiger partial charge is 0.271 e. The molecule has 0 atom stereocenters. The lowest BCUT2D eigenvalue weighted by Gasteiger charge is -2.36. The highest BCUT2D eigenvalue weighted by Crippen LogP contribution is 2.17. The molecule has 5 nitrogen and oxygen atoms in total. The molecule has 6 heteroatoms. The van der Waals surface area contributed by atoms with E-state index in [4.69, 9.17) is 0 Å². The monoisotopic (exact) mass is 416 g/mol. The van der Waals surface area contributed by atoms with Crippen molar-refractivity contribution in [1.82, 2.24) is 10.3 Å². The van der Waals surface area contributed by atoms with Gasteiger partial charge >= 0.3 is 0 Å². The second kappa shape index (κ2) is 10.00. The molecule has 1 heterocycles. The van der Waals surface area contributed by atoms with E-state index in [1.54, 1.807) is 30.3 Å². The molecule has 0 bridgehead atoms. The number of hydrogen-bond acceptors (Lipinski definition) is 4. The highest BCUT2D eigenvalue weighted by Gasteiger charge is 2.17. The predicted molar refractivity (Wildman–Crippen MR) is 122 cm³/mol. The van der Waals surface area contributed by atoms with Gasteiger partial charge in [-0.25, -0.2) is 9.82 Å². The van der Waals surface area contributed by atoms with Gasteiger partial charge in [-0.3, -0.25) is 9.69 Å². The van der Waals surface area contributed by atoms with Crippen molar-refractivity contribution in [2.75, 3.05) is 31.1 Å². The lowest BCUT2D eigenvalue weighted by molar-refractivity contribution is 0.0955. The maximum atomic E-state index is 13.6. The Labute approximate surface area is 181 Å². The van der Waals surface area contributed by atoms with Crippen molar-refractivity contribution in [3.8, 4) is 0 Å². The third kappa shape index (κ3) is 5.55. The van der Waals surface area contributed by atoms with Gasteiger partial charge in [-0.2, -0.15) is 5.10 Å². The van der Waals surface area contributed by atoms with Crippen LogP contribution in [0.4, 0.5) is 10.1 Å².